The van der Waals surface area contributed by atoms with Crippen molar-refractivity contribution in [2.24, 2.45) is 0 Å². The largest absolute Gasteiger partial charge is 0.490 e. The van der Waals surface area contributed by atoms with Gasteiger partial charge in [0.25, 0.3) is 11.1 Å². The number of carbonyl (C=O) groups is 1. The summed E-state index contributed by atoms with van der Waals surface area (Å²) in [6, 6.07) is 21.8. The van der Waals surface area contributed by atoms with Crippen LogP contribution in [0.4, 0.5) is 0 Å². The Labute approximate surface area is 218 Å². The monoisotopic (exact) mass is 514 g/mol. The van der Waals surface area contributed by atoms with E-state index in [1.54, 1.807) is 11.8 Å². The molecule has 0 radical (unpaired) electrons. The molecule has 2 saturated heterocycles. The minimum atomic E-state index is 0.0909. The van der Waals surface area contributed by atoms with Crippen LogP contribution < -0.4 is 14.2 Å². The van der Waals surface area contributed by atoms with Crippen LogP contribution in [0.15, 0.2) is 76.4 Å². The second-order valence-corrected chi connectivity index (χ2v) is 10.7. The smallest absolute Gasteiger partial charge is 0.257 e. The quantitative estimate of drug-likeness (QED) is 0.289. The maximum absolute atomic E-state index is 13.5. The van der Waals surface area contributed by atoms with Gasteiger partial charge in [-0.25, -0.2) is 4.98 Å². The van der Waals surface area contributed by atoms with E-state index >= 15 is 0 Å². The van der Waals surface area contributed by atoms with Crippen molar-refractivity contribution in [3.05, 3.63) is 77.9 Å². The highest BCUT2D eigenvalue weighted by atomic mass is 32.2. The molecule has 7 nitrogen and oxygen atoms in total. The summed E-state index contributed by atoms with van der Waals surface area (Å²) in [5, 5.41) is 0.656. The predicted molar refractivity (Wildman–Crippen MR) is 139 cm³/mol. The Bertz CT molecular complexity index is 1410. The van der Waals surface area contributed by atoms with Gasteiger partial charge in [0.15, 0.2) is 17.1 Å². The fourth-order valence-electron chi connectivity index (χ4n) is 5.65. The number of piperidine rings is 1. The van der Waals surface area contributed by atoms with E-state index in [9.17, 15) is 4.79 Å². The average molecular weight is 515 g/mol. The molecule has 2 unspecified atom stereocenters. The van der Waals surface area contributed by atoms with Crippen LogP contribution in [-0.2, 0) is 5.75 Å². The fourth-order valence-corrected chi connectivity index (χ4v) is 6.44. The van der Waals surface area contributed by atoms with E-state index in [4.69, 9.17) is 18.6 Å². The summed E-state index contributed by atoms with van der Waals surface area (Å²) in [7, 11) is 0. The number of fused-ring (bicyclic) bond motifs is 4. The second kappa shape index (κ2) is 9.34. The molecule has 0 spiro atoms. The van der Waals surface area contributed by atoms with E-state index in [1.165, 1.54) is 0 Å². The Morgan fingerprint density at radius 2 is 1.76 bits per heavy atom. The minimum Gasteiger partial charge on any atom is -0.490 e. The number of nitrogens with zero attached hydrogens (tertiary/aromatic N) is 2. The number of carbonyl (C=O) groups excluding carboxylic acids is 1. The fraction of sp³-hybridized carbons (Fsp3) is 0.310. The highest BCUT2D eigenvalue weighted by Gasteiger charge is 2.44. The molecule has 2 bridgehead atoms. The summed E-state index contributed by atoms with van der Waals surface area (Å²) in [4.78, 5) is 20.1. The first kappa shape index (κ1) is 22.5. The van der Waals surface area contributed by atoms with Crippen LogP contribution in [0.1, 0.15) is 41.6 Å². The topological polar surface area (TPSA) is 74.0 Å². The number of oxazole rings is 1. The van der Waals surface area contributed by atoms with Crippen LogP contribution in [0.25, 0.3) is 11.1 Å². The lowest BCUT2D eigenvalue weighted by Crippen LogP contribution is -2.49. The van der Waals surface area contributed by atoms with Gasteiger partial charge in [-0.1, -0.05) is 36.0 Å². The molecule has 4 aromatic rings. The number of aromatic nitrogens is 1. The second-order valence-electron chi connectivity index (χ2n) is 9.76. The molecule has 3 aliphatic heterocycles. The van der Waals surface area contributed by atoms with Gasteiger partial charge in [0.05, 0.1) is 0 Å². The molecular weight excluding hydrogens is 488 g/mol. The Morgan fingerprint density at radius 1 is 0.973 bits per heavy atom. The molecular formula is C29H26N2O5S. The number of rotatable bonds is 6. The maximum Gasteiger partial charge on any atom is 0.257 e. The van der Waals surface area contributed by atoms with E-state index in [0.717, 1.165) is 70.9 Å². The van der Waals surface area contributed by atoms with Crippen molar-refractivity contribution in [3.63, 3.8) is 0 Å². The predicted octanol–water partition coefficient (Wildman–Crippen LogP) is 6.06. The summed E-state index contributed by atoms with van der Waals surface area (Å²) in [5.41, 5.74) is 3.53. The van der Waals surface area contributed by atoms with Crippen molar-refractivity contribution >= 4 is 28.8 Å². The zero-order valence-electron chi connectivity index (χ0n) is 20.2. The van der Waals surface area contributed by atoms with Crippen LogP contribution in [0.5, 0.6) is 17.2 Å². The number of hydrogen-bond acceptors (Lipinski definition) is 7. The third-order valence-electron chi connectivity index (χ3n) is 7.41. The number of benzene rings is 3. The molecule has 3 aromatic carbocycles. The molecule has 1 amide bonds. The van der Waals surface area contributed by atoms with E-state index in [-0.39, 0.29) is 30.9 Å². The van der Waals surface area contributed by atoms with Crippen molar-refractivity contribution in [1.82, 2.24) is 9.88 Å². The summed E-state index contributed by atoms with van der Waals surface area (Å²) < 4.78 is 23.0. The number of para-hydroxylation sites is 2. The standard InChI is InChI=1S/C29H26N2O5S/c32-28(19-7-5-18(6-8-19)16-37-29-30-24-3-1-2-4-25(24)36-29)31-20-9-10-21(31)14-23(13-20)35-22-11-12-26-27(15-22)34-17-33-26/h1-8,11-12,15,20-21,23H,9-10,13-14,16-17H2. The average Bonchev–Trinajstić information content (AvgIpc) is 3.63. The molecule has 7 rings (SSSR count). The first-order chi connectivity index (χ1) is 18.2. The summed E-state index contributed by atoms with van der Waals surface area (Å²) in [6.45, 7) is 0.252. The molecule has 4 heterocycles. The number of hydrogen-bond donors (Lipinski definition) is 0. The van der Waals surface area contributed by atoms with Crippen LogP contribution in [-0.4, -0.2) is 40.8 Å². The number of ether oxygens (including phenoxy) is 3. The molecule has 2 fully saturated rings. The molecule has 188 valence electrons. The van der Waals surface area contributed by atoms with Crippen molar-refractivity contribution in [2.75, 3.05) is 6.79 Å². The van der Waals surface area contributed by atoms with Crippen LogP contribution >= 0.6 is 11.8 Å². The number of amides is 1. The third kappa shape index (κ3) is 4.39. The molecule has 2 atom stereocenters. The van der Waals surface area contributed by atoms with Gasteiger partial charge >= 0.3 is 0 Å². The zero-order chi connectivity index (χ0) is 24.8. The third-order valence-corrected chi connectivity index (χ3v) is 8.31. The molecule has 0 saturated carbocycles. The normalized spacial score (nSPS) is 21.9. The Kier molecular flexibility index (Phi) is 5.69. The Balaban J connectivity index is 0.976. The Hall–Kier alpha value is -3.65. The van der Waals surface area contributed by atoms with Crippen LogP contribution in [0, 0.1) is 0 Å². The number of thioether (sulfide) groups is 1. The van der Waals surface area contributed by atoms with Crippen molar-refractivity contribution in [2.45, 2.75) is 54.8 Å². The van der Waals surface area contributed by atoms with Crippen molar-refractivity contribution in [3.8, 4) is 17.2 Å². The minimum absolute atomic E-state index is 0.0909. The molecule has 37 heavy (non-hydrogen) atoms. The molecule has 0 N–H and O–H groups in total. The lowest BCUT2D eigenvalue weighted by atomic mass is 9.98. The van der Waals surface area contributed by atoms with E-state index in [2.05, 4.69) is 9.88 Å². The summed E-state index contributed by atoms with van der Waals surface area (Å²) in [5.74, 6) is 3.12. The molecule has 3 aliphatic rings. The van der Waals surface area contributed by atoms with Gasteiger partial charge in [-0.2, -0.15) is 0 Å². The zero-order valence-corrected chi connectivity index (χ0v) is 21.0. The first-order valence-corrected chi connectivity index (χ1v) is 13.6. The molecule has 1 aromatic heterocycles. The van der Waals surface area contributed by atoms with E-state index in [0.29, 0.717) is 5.22 Å². The van der Waals surface area contributed by atoms with Gasteiger partial charge in [-0.05, 0) is 54.8 Å². The van der Waals surface area contributed by atoms with Gasteiger partial charge in [0, 0.05) is 42.3 Å². The van der Waals surface area contributed by atoms with Gasteiger partial charge in [-0.15, -0.1) is 0 Å². The maximum atomic E-state index is 13.5. The van der Waals surface area contributed by atoms with Crippen molar-refractivity contribution < 1.29 is 23.4 Å². The highest BCUT2D eigenvalue weighted by molar-refractivity contribution is 7.98. The lowest BCUT2D eigenvalue weighted by molar-refractivity contribution is 0.0358. The van der Waals surface area contributed by atoms with E-state index < -0.39 is 0 Å². The SMILES string of the molecule is O=C(c1ccc(CSc2nc3ccccc3o2)cc1)N1C2CCC1CC(Oc1ccc3c(c1)OCO3)C2. The Morgan fingerprint density at radius 3 is 2.57 bits per heavy atom. The van der Waals surface area contributed by atoms with Crippen molar-refractivity contribution in [1.29, 1.82) is 0 Å². The van der Waals surface area contributed by atoms with Gasteiger partial charge in [0.1, 0.15) is 17.4 Å². The van der Waals surface area contributed by atoms with Gasteiger partial charge < -0.3 is 23.5 Å². The van der Waals surface area contributed by atoms with Crippen LogP contribution in [0.2, 0.25) is 0 Å². The highest BCUT2D eigenvalue weighted by Crippen LogP contribution is 2.40. The molecule has 8 heteroatoms. The summed E-state index contributed by atoms with van der Waals surface area (Å²) in [6.07, 6.45) is 3.83. The summed E-state index contributed by atoms with van der Waals surface area (Å²) >= 11 is 1.56. The van der Waals surface area contributed by atoms with Crippen LogP contribution in [0.3, 0.4) is 0 Å². The first-order valence-electron chi connectivity index (χ1n) is 12.7. The lowest BCUT2D eigenvalue weighted by Gasteiger charge is -2.39. The van der Waals surface area contributed by atoms with Gasteiger partial charge in [0.2, 0.25) is 6.79 Å². The molecule has 0 aliphatic carbocycles. The van der Waals surface area contributed by atoms with Gasteiger partial charge in [-0.3, -0.25) is 4.79 Å². The van der Waals surface area contributed by atoms with E-state index in [1.807, 2.05) is 66.7 Å².